The number of amides is 1. The number of nitrogens with zero attached hydrogens (tertiary/aromatic N) is 4. The van der Waals surface area contributed by atoms with E-state index in [1.54, 1.807) is 19.8 Å². The van der Waals surface area contributed by atoms with E-state index in [9.17, 15) is 4.79 Å². The van der Waals surface area contributed by atoms with E-state index in [0.29, 0.717) is 6.61 Å². The second kappa shape index (κ2) is 8.09. The van der Waals surface area contributed by atoms with E-state index in [-0.39, 0.29) is 17.9 Å². The smallest absolute Gasteiger partial charge is 0.223 e. The van der Waals surface area contributed by atoms with Crippen LogP contribution in [0.5, 0.6) is 0 Å². The molecule has 1 fully saturated rings. The van der Waals surface area contributed by atoms with Crippen molar-refractivity contribution in [3.05, 3.63) is 12.7 Å². The lowest BCUT2D eigenvalue weighted by Crippen LogP contribution is -2.44. The summed E-state index contributed by atoms with van der Waals surface area (Å²) in [5, 5.41) is 10.6. The van der Waals surface area contributed by atoms with Crippen LogP contribution in [0.2, 0.25) is 0 Å². The van der Waals surface area contributed by atoms with Crippen molar-refractivity contribution in [1.29, 1.82) is 0 Å². The van der Waals surface area contributed by atoms with Gasteiger partial charge in [0.1, 0.15) is 12.7 Å². The largest absolute Gasteiger partial charge is 0.383 e. The van der Waals surface area contributed by atoms with Gasteiger partial charge >= 0.3 is 0 Å². The topological polar surface area (TPSA) is 72.3 Å². The Bertz CT molecular complexity index is 415. The Morgan fingerprint density at radius 3 is 2.62 bits per heavy atom. The van der Waals surface area contributed by atoms with Gasteiger partial charge in [0, 0.05) is 32.2 Å². The van der Waals surface area contributed by atoms with Crippen LogP contribution in [0.1, 0.15) is 19.8 Å². The highest BCUT2D eigenvalue weighted by Crippen LogP contribution is 2.17. The molecule has 7 nitrogen and oxygen atoms in total. The molecule has 21 heavy (non-hydrogen) atoms. The van der Waals surface area contributed by atoms with Crippen molar-refractivity contribution in [2.75, 3.05) is 33.4 Å². The number of rotatable bonds is 7. The quantitative estimate of drug-likeness (QED) is 0.775. The number of likely N-dealkylation sites (tertiary alicyclic amines) is 1. The van der Waals surface area contributed by atoms with Crippen molar-refractivity contribution in [1.82, 2.24) is 25.0 Å². The molecule has 2 heterocycles. The van der Waals surface area contributed by atoms with Crippen LogP contribution < -0.4 is 5.32 Å². The minimum absolute atomic E-state index is 0.0780. The Balaban J connectivity index is 1.66. The maximum absolute atomic E-state index is 12.1. The van der Waals surface area contributed by atoms with Crippen LogP contribution >= 0.6 is 0 Å². The highest BCUT2D eigenvalue weighted by Gasteiger charge is 2.25. The van der Waals surface area contributed by atoms with Crippen molar-refractivity contribution in [3.8, 4) is 0 Å². The SMILES string of the molecule is COC[C@@H](C)NC(=O)C1CCN(CCn2cnnc2)CC1. The summed E-state index contributed by atoms with van der Waals surface area (Å²) in [5.74, 6) is 0.300. The Hall–Kier alpha value is -1.47. The number of hydrogen-bond donors (Lipinski definition) is 1. The summed E-state index contributed by atoms with van der Waals surface area (Å²) >= 11 is 0. The molecule has 0 radical (unpaired) electrons. The Morgan fingerprint density at radius 1 is 1.33 bits per heavy atom. The summed E-state index contributed by atoms with van der Waals surface area (Å²) in [4.78, 5) is 14.5. The molecule has 2 rings (SSSR count). The van der Waals surface area contributed by atoms with Crippen LogP contribution in [-0.2, 0) is 16.1 Å². The summed E-state index contributed by atoms with van der Waals surface area (Å²) in [6.07, 6.45) is 5.32. The van der Waals surface area contributed by atoms with E-state index in [2.05, 4.69) is 20.4 Å². The van der Waals surface area contributed by atoms with Crippen LogP contribution in [0.4, 0.5) is 0 Å². The van der Waals surface area contributed by atoms with Gasteiger partial charge in [0.2, 0.25) is 5.91 Å². The van der Waals surface area contributed by atoms with Gasteiger partial charge in [-0.1, -0.05) is 0 Å². The molecule has 1 aliphatic rings. The first-order valence-electron chi connectivity index (χ1n) is 7.53. The number of ether oxygens (including phenoxy) is 1. The van der Waals surface area contributed by atoms with Crippen LogP contribution in [0, 0.1) is 5.92 Å². The molecule has 1 aliphatic heterocycles. The van der Waals surface area contributed by atoms with E-state index in [0.717, 1.165) is 39.0 Å². The fraction of sp³-hybridized carbons (Fsp3) is 0.786. The standard InChI is InChI=1S/C14H25N5O2/c1-12(9-21-2)17-14(20)13-3-5-18(6-4-13)7-8-19-10-15-16-11-19/h10-13H,3-9H2,1-2H3,(H,17,20)/t12-/m1/s1. The molecule has 1 N–H and O–H groups in total. The van der Waals surface area contributed by atoms with E-state index in [1.807, 2.05) is 11.5 Å². The molecular weight excluding hydrogens is 270 g/mol. The fourth-order valence-electron chi connectivity index (χ4n) is 2.67. The van der Waals surface area contributed by atoms with Gasteiger partial charge in [0.25, 0.3) is 0 Å². The zero-order valence-corrected chi connectivity index (χ0v) is 12.9. The third kappa shape index (κ3) is 5.09. The number of carbonyl (C=O) groups is 1. The number of hydrogen-bond acceptors (Lipinski definition) is 5. The molecule has 7 heteroatoms. The average Bonchev–Trinajstić information content (AvgIpc) is 2.99. The number of carbonyl (C=O) groups excluding carboxylic acids is 1. The summed E-state index contributed by atoms with van der Waals surface area (Å²) in [6, 6.07) is 0.0780. The van der Waals surface area contributed by atoms with E-state index in [4.69, 9.17) is 4.74 Å². The van der Waals surface area contributed by atoms with E-state index < -0.39 is 0 Å². The monoisotopic (exact) mass is 295 g/mol. The molecule has 0 saturated carbocycles. The summed E-state index contributed by atoms with van der Waals surface area (Å²) < 4.78 is 7.02. The lowest BCUT2D eigenvalue weighted by molar-refractivity contribution is -0.127. The van der Waals surface area contributed by atoms with Gasteiger partial charge < -0.3 is 19.5 Å². The normalized spacial score (nSPS) is 18.6. The van der Waals surface area contributed by atoms with Gasteiger partial charge in [0.15, 0.2) is 0 Å². The van der Waals surface area contributed by atoms with Crippen molar-refractivity contribution in [2.24, 2.45) is 5.92 Å². The molecule has 0 aliphatic carbocycles. The molecule has 118 valence electrons. The Kier molecular flexibility index (Phi) is 6.13. The van der Waals surface area contributed by atoms with Crippen molar-refractivity contribution >= 4 is 5.91 Å². The predicted octanol–water partition coefficient (Wildman–Crippen LogP) is 0.141. The van der Waals surface area contributed by atoms with Crippen LogP contribution in [0.15, 0.2) is 12.7 Å². The van der Waals surface area contributed by atoms with Crippen LogP contribution in [-0.4, -0.2) is 65.0 Å². The molecule has 0 unspecified atom stereocenters. The first-order chi connectivity index (χ1) is 10.2. The zero-order chi connectivity index (χ0) is 15.1. The summed E-state index contributed by atoms with van der Waals surface area (Å²) in [5.41, 5.74) is 0. The average molecular weight is 295 g/mol. The predicted molar refractivity (Wildman–Crippen MR) is 78.7 cm³/mol. The Morgan fingerprint density at radius 2 is 2.00 bits per heavy atom. The molecule has 1 aromatic rings. The van der Waals surface area contributed by atoms with Gasteiger partial charge in [-0.15, -0.1) is 10.2 Å². The fourth-order valence-corrected chi connectivity index (χ4v) is 2.67. The van der Waals surface area contributed by atoms with Crippen LogP contribution in [0.25, 0.3) is 0 Å². The van der Waals surface area contributed by atoms with Crippen molar-refractivity contribution in [2.45, 2.75) is 32.4 Å². The maximum Gasteiger partial charge on any atom is 0.223 e. The molecule has 1 amide bonds. The lowest BCUT2D eigenvalue weighted by atomic mass is 9.95. The molecule has 1 aromatic heterocycles. The van der Waals surface area contributed by atoms with Gasteiger partial charge in [-0.2, -0.15) is 0 Å². The summed E-state index contributed by atoms with van der Waals surface area (Å²) in [6.45, 7) is 6.35. The Labute approximate surface area is 125 Å². The number of methoxy groups -OCH3 is 1. The molecule has 1 atom stereocenters. The van der Waals surface area contributed by atoms with Gasteiger partial charge in [-0.05, 0) is 32.9 Å². The lowest BCUT2D eigenvalue weighted by Gasteiger charge is -2.31. The molecule has 0 bridgehead atoms. The number of nitrogens with one attached hydrogen (secondary N) is 1. The molecule has 0 spiro atoms. The molecule has 0 aromatic carbocycles. The minimum Gasteiger partial charge on any atom is -0.383 e. The summed E-state index contributed by atoms with van der Waals surface area (Å²) in [7, 11) is 1.65. The first-order valence-corrected chi connectivity index (χ1v) is 7.53. The second-order valence-corrected chi connectivity index (χ2v) is 5.68. The van der Waals surface area contributed by atoms with Gasteiger partial charge in [-0.25, -0.2) is 0 Å². The molecule has 1 saturated heterocycles. The number of piperidine rings is 1. The maximum atomic E-state index is 12.1. The zero-order valence-electron chi connectivity index (χ0n) is 12.9. The third-order valence-corrected chi connectivity index (χ3v) is 3.90. The third-order valence-electron chi connectivity index (χ3n) is 3.90. The van der Waals surface area contributed by atoms with Crippen molar-refractivity contribution < 1.29 is 9.53 Å². The molecular formula is C14H25N5O2. The van der Waals surface area contributed by atoms with Crippen molar-refractivity contribution in [3.63, 3.8) is 0 Å². The van der Waals surface area contributed by atoms with E-state index in [1.165, 1.54) is 0 Å². The minimum atomic E-state index is 0.0780. The number of aromatic nitrogens is 3. The first kappa shape index (κ1) is 15.9. The highest BCUT2D eigenvalue weighted by atomic mass is 16.5. The van der Waals surface area contributed by atoms with E-state index >= 15 is 0 Å². The van der Waals surface area contributed by atoms with Gasteiger partial charge in [-0.3, -0.25) is 4.79 Å². The second-order valence-electron chi connectivity index (χ2n) is 5.68. The van der Waals surface area contributed by atoms with Gasteiger partial charge in [0.05, 0.1) is 6.61 Å². The van der Waals surface area contributed by atoms with Crippen LogP contribution in [0.3, 0.4) is 0 Å². The highest BCUT2D eigenvalue weighted by molar-refractivity contribution is 5.79.